The van der Waals surface area contributed by atoms with E-state index in [4.69, 9.17) is 56.3 Å². The highest BCUT2D eigenvalue weighted by Gasteiger charge is 2.72. The molecule has 2 spiro atoms. The average Bonchev–Trinajstić information content (AvgIpc) is 4.23. The van der Waals surface area contributed by atoms with Crippen molar-refractivity contribution in [2.75, 3.05) is 30.4 Å². The lowest BCUT2D eigenvalue weighted by atomic mass is 9.73. The van der Waals surface area contributed by atoms with Crippen LogP contribution in [0.15, 0.2) is 72.8 Å². The lowest BCUT2D eigenvalue weighted by molar-refractivity contribution is -0.528. The largest absolute Gasteiger partial charge is 0.481 e. The van der Waals surface area contributed by atoms with Crippen molar-refractivity contribution in [1.82, 2.24) is 10.2 Å². The minimum atomic E-state index is -1.61. The molecule has 2 aliphatic carbocycles. The number of nitrogens with zero attached hydrogens (tertiary/aromatic N) is 3. The van der Waals surface area contributed by atoms with Gasteiger partial charge in [-0.3, -0.25) is 44.8 Å². The van der Waals surface area contributed by atoms with Crippen molar-refractivity contribution in [1.29, 1.82) is 0 Å². The number of carboxylic acids is 1. The van der Waals surface area contributed by atoms with Gasteiger partial charge >= 0.3 is 0 Å². The number of rotatable bonds is 11. The normalized spacial score (nSPS) is 26.7. The first kappa shape index (κ1) is 53.4. The third-order valence-corrected chi connectivity index (χ3v) is 14.7. The van der Waals surface area contributed by atoms with Crippen molar-refractivity contribution in [3.05, 3.63) is 147 Å². The van der Waals surface area contributed by atoms with Gasteiger partial charge in [0.25, 0.3) is 11.9 Å². The maximum atomic E-state index is 15.4. The van der Waals surface area contributed by atoms with Gasteiger partial charge in [0, 0.05) is 86.1 Å². The molecule has 4 heterocycles. The topological polar surface area (TPSA) is 255 Å². The van der Waals surface area contributed by atoms with E-state index in [0.717, 1.165) is 38.9 Å². The number of fused-ring (bicyclic) bond motifs is 4. The number of nitro groups is 2. The number of benzene rings is 4. The van der Waals surface area contributed by atoms with Gasteiger partial charge in [-0.15, -0.1) is 0 Å². The molecule has 71 heavy (non-hydrogen) atoms. The van der Waals surface area contributed by atoms with Crippen LogP contribution < -0.4 is 16.0 Å². The maximum absolute atomic E-state index is 15.4. The summed E-state index contributed by atoms with van der Waals surface area (Å²) in [5.41, 5.74) is -1.36. The van der Waals surface area contributed by atoms with E-state index in [1.807, 2.05) is 4.90 Å². The summed E-state index contributed by atoms with van der Waals surface area (Å²) in [5.74, 6) is -5.06. The lowest BCUT2D eigenvalue weighted by Gasteiger charge is -2.38. The fraction of sp³-hybridized carbons (Fsp3) is 0.417. The molecule has 0 bridgehead atoms. The van der Waals surface area contributed by atoms with Crippen LogP contribution in [0.4, 0.5) is 20.2 Å². The van der Waals surface area contributed by atoms with E-state index in [-0.39, 0.29) is 53.1 Å². The van der Waals surface area contributed by atoms with Crippen LogP contribution in [0.5, 0.6) is 0 Å². The zero-order valence-electron chi connectivity index (χ0n) is 37.7. The van der Waals surface area contributed by atoms with Gasteiger partial charge in [-0.25, -0.2) is 8.78 Å². The van der Waals surface area contributed by atoms with Gasteiger partial charge in [0.1, 0.15) is 29.0 Å². The zero-order valence-corrected chi connectivity index (χ0v) is 40.7. The van der Waals surface area contributed by atoms with Crippen LogP contribution in [-0.2, 0) is 30.3 Å². The Morgan fingerprint density at radius 1 is 0.775 bits per heavy atom. The Hall–Kier alpha value is -5.38. The van der Waals surface area contributed by atoms with Gasteiger partial charge in [0.2, 0.25) is 18.0 Å². The number of amides is 2. The molecule has 0 radical (unpaired) electrons. The highest BCUT2D eigenvalue weighted by atomic mass is 35.5. The first-order valence-electron chi connectivity index (χ1n) is 22.6. The number of hydrogen-bond donors (Lipinski definition) is 6. The number of aliphatic hydroxyl groups is 2. The number of halogens is 6. The first-order valence-corrected chi connectivity index (χ1v) is 24.1. The number of carboxylic acid groups (broad SMARTS) is 1. The molecule has 6 N–H and O–H groups in total. The standard InChI is InChI=1S/C23H22Cl2FN3O4.C19H16Cl2FN3O4.C4H6O.C2H4O2/c24-13-6-7-15-17(10-13)27-22(31)23(15)19(14-2-1-3-16(25)20(14)26)21(29(32)33)18(8-9-30)28(23)11-12-4-5-12;20-9-4-5-11-14(8-9)23-18(27)19(11)15(10-2-1-3-12(21)16(10)22)17(25(28)29)13(24-19)6-7-26;5-3-4-1-2-4;1-2(3)4/h1-3,6-7,10,12,18-19,21,30H,4-5,8-9,11H2,(H,27,31);1-5,8,13,15,17,24,26H,6-7H2,(H,23,27);3-4H,1-2H2;1H3,(H,3,4)/t18-,19-,21+,23+;13-,15-,17+,19+;;/m00../s1. The number of carbonyl (C=O) groups excluding carboxylic acids is 3. The van der Waals surface area contributed by atoms with Crippen molar-refractivity contribution in [2.45, 2.75) is 92.5 Å². The Bertz CT molecular complexity index is 2750. The average molecular weight is 1060 g/mol. The Morgan fingerprint density at radius 2 is 1.28 bits per heavy atom. The molecule has 8 atom stereocenters. The molecular weight excluding hydrogens is 1020 g/mol. The monoisotopic (exact) mass is 1060 g/mol. The number of hydrogen-bond acceptors (Lipinski definition) is 12. The maximum Gasteiger partial charge on any atom is 0.300 e. The number of likely N-dealkylation sites (tertiary alicyclic amines) is 1. The molecule has 17 nitrogen and oxygen atoms in total. The molecule has 4 fully saturated rings. The van der Waals surface area contributed by atoms with Gasteiger partial charge in [-0.1, -0.05) is 82.8 Å². The van der Waals surface area contributed by atoms with Gasteiger partial charge in [-0.05, 0) is 80.8 Å². The Labute approximate surface area is 425 Å². The van der Waals surface area contributed by atoms with Crippen molar-refractivity contribution in [3.63, 3.8) is 0 Å². The van der Waals surface area contributed by atoms with Crippen LogP contribution in [0, 0.1) is 43.7 Å². The summed E-state index contributed by atoms with van der Waals surface area (Å²) in [6.07, 6.45) is 5.31. The fourth-order valence-electron chi connectivity index (χ4n) is 10.5. The molecule has 378 valence electrons. The van der Waals surface area contributed by atoms with Crippen molar-refractivity contribution in [2.24, 2.45) is 11.8 Å². The number of aliphatic hydroxyl groups excluding tert-OH is 2. The van der Waals surface area contributed by atoms with Crippen molar-refractivity contribution < 1.29 is 53.1 Å². The van der Waals surface area contributed by atoms with Crippen molar-refractivity contribution in [3.8, 4) is 0 Å². The highest BCUT2D eigenvalue weighted by Crippen LogP contribution is 2.60. The third-order valence-electron chi connectivity index (χ3n) is 13.6. The molecule has 23 heteroatoms. The van der Waals surface area contributed by atoms with Crippen molar-refractivity contribution >= 4 is 81.8 Å². The molecule has 4 aromatic carbocycles. The van der Waals surface area contributed by atoms with E-state index < -0.39 is 86.3 Å². The molecule has 2 saturated carbocycles. The molecule has 4 aliphatic heterocycles. The molecule has 10 rings (SSSR count). The molecule has 6 aliphatic rings. The summed E-state index contributed by atoms with van der Waals surface area (Å²) in [7, 11) is 0. The lowest BCUT2D eigenvalue weighted by Crippen LogP contribution is -2.52. The van der Waals surface area contributed by atoms with Gasteiger partial charge in [0.05, 0.1) is 34.0 Å². The van der Waals surface area contributed by atoms with E-state index in [1.54, 1.807) is 30.3 Å². The molecule has 2 saturated heterocycles. The minimum absolute atomic E-state index is 0.0162. The zero-order chi connectivity index (χ0) is 51.7. The Balaban J connectivity index is 0.000000179. The quantitative estimate of drug-likeness (QED) is 0.0475. The summed E-state index contributed by atoms with van der Waals surface area (Å²) < 4.78 is 30.5. The second-order valence-corrected chi connectivity index (χ2v) is 19.8. The van der Waals surface area contributed by atoms with E-state index in [9.17, 15) is 44.8 Å². The molecule has 4 aromatic rings. The van der Waals surface area contributed by atoms with E-state index in [2.05, 4.69) is 16.0 Å². The first-order chi connectivity index (χ1) is 33.8. The molecule has 0 unspecified atom stereocenters. The Morgan fingerprint density at radius 3 is 1.76 bits per heavy atom. The second-order valence-electron chi connectivity index (χ2n) is 18.1. The summed E-state index contributed by atoms with van der Waals surface area (Å²) in [5, 5.41) is 60.3. The van der Waals surface area contributed by atoms with Crippen LogP contribution in [0.25, 0.3) is 0 Å². The summed E-state index contributed by atoms with van der Waals surface area (Å²) in [4.78, 5) is 71.1. The number of nitrogens with one attached hydrogen (secondary N) is 3. The third kappa shape index (κ3) is 10.2. The smallest absolute Gasteiger partial charge is 0.300 e. The predicted molar refractivity (Wildman–Crippen MR) is 259 cm³/mol. The number of anilines is 2. The highest BCUT2D eigenvalue weighted by molar-refractivity contribution is 6.32. The molecule has 0 aromatic heterocycles. The second kappa shape index (κ2) is 21.8. The Kier molecular flexibility index (Phi) is 16.4. The molecular formula is C48H48Cl4F2N6O11. The van der Waals surface area contributed by atoms with Gasteiger partial charge < -0.3 is 30.7 Å². The minimum Gasteiger partial charge on any atom is -0.481 e. The van der Waals surface area contributed by atoms with Crippen LogP contribution >= 0.6 is 46.4 Å². The van der Waals surface area contributed by atoms with Crippen LogP contribution in [0.3, 0.4) is 0 Å². The summed E-state index contributed by atoms with van der Waals surface area (Å²) >= 11 is 24.2. The number of aldehydes is 1. The summed E-state index contributed by atoms with van der Waals surface area (Å²) in [6, 6.07) is 13.8. The molecule has 2 amide bonds. The van der Waals surface area contributed by atoms with Gasteiger partial charge in [-0.2, -0.15) is 0 Å². The van der Waals surface area contributed by atoms with Crippen LogP contribution in [-0.4, -0.2) is 98.1 Å². The predicted octanol–water partition coefficient (Wildman–Crippen LogP) is 7.94. The number of aliphatic carboxylic acids is 1. The fourth-order valence-corrected chi connectivity index (χ4v) is 11.2. The summed E-state index contributed by atoms with van der Waals surface area (Å²) in [6.45, 7) is 0.882. The van der Waals surface area contributed by atoms with E-state index in [0.29, 0.717) is 45.0 Å². The van der Waals surface area contributed by atoms with Crippen LogP contribution in [0.1, 0.15) is 79.5 Å². The van der Waals surface area contributed by atoms with E-state index >= 15 is 8.78 Å². The van der Waals surface area contributed by atoms with E-state index in [1.165, 1.54) is 42.5 Å². The van der Waals surface area contributed by atoms with Gasteiger partial charge in [0.15, 0.2) is 0 Å². The van der Waals surface area contributed by atoms with Crippen LogP contribution in [0.2, 0.25) is 20.1 Å². The number of carbonyl (C=O) groups is 4. The SMILES string of the molecule is CC(=O)O.O=C1Nc2cc(Cl)ccc2[C@@]12[C@@H](c1cccc(Cl)c1F)[C@H]([N+](=O)[O-])[C@H](CCO)N2CC1CC1.O=C1Nc2cc(Cl)ccc2[C@]12N[C@@H](CCO)[C@@H]([N+](=O)[O-])[C@@H]2c1cccc(Cl)c1F.O=CC1CC1.